The molecule has 4 nitrogen and oxygen atoms in total. The molecule has 0 unspecified atom stereocenters. The number of halogens is 1. The quantitative estimate of drug-likeness (QED) is 0.694. The van der Waals surface area contributed by atoms with Gasteiger partial charge in [0.05, 0.1) is 5.69 Å². The summed E-state index contributed by atoms with van der Waals surface area (Å²) in [6.45, 7) is 0.163. The van der Waals surface area contributed by atoms with E-state index in [-0.39, 0.29) is 18.4 Å². The molecule has 1 aromatic heterocycles. The lowest BCUT2D eigenvalue weighted by Crippen LogP contribution is -2.00. The van der Waals surface area contributed by atoms with Crippen LogP contribution in [0, 0.1) is 5.82 Å². The molecule has 3 aromatic rings. The molecule has 1 aliphatic rings. The van der Waals surface area contributed by atoms with Gasteiger partial charge >= 0.3 is 0 Å². The van der Waals surface area contributed by atoms with Crippen molar-refractivity contribution < 1.29 is 18.7 Å². The Morgan fingerprint density at radius 3 is 2.70 bits per heavy atom. The molecule has 1 aliphatic heterocycles. The van der Waals surface area contributed by atoms with E-state index in [0.717, 1.165) is 0 Å². The predicted molar refractivity (Wildman–Crippen MR) is 81.7 cm³/mol. The Balaban J connectivity index is 1.66. The Morgan fingerprint density at radius 1 is 1.00 bits per heavy atom. The number of rotatable bonds is 3. The zero-order valence-electron chi connectivity index (χ0n) is 12.0. The van der Waals surface area contributed by atoms with Gasteiger partial charge in [0.1, 0.15) is 5.82 Å². The van der Waals surface area contributed by atoms with Crippen molar-refractivity contribution in [1.29, 1.82) is 0 Å². The van der Waals surface area contributed by atoms with E-state index in [2.05, 4.69) is 0 Å². The standard InChI is InChI=1S/C18H12FNO3/c19-14-3-1-2-4-15(14)20-8-7-13(10-20)18(21)12-5-6-16-17(9-12)23-11-22-16/h1-10H,11H2. The highest BCUT2D eigenvalue weighted by Crippen LogP contribution is 2.33. The second-order valence-electron chi connectivity index (χ2n) is 5.16. The highest BCUT2D eigenvalue weighted by Gasteiger charge is 2.18. The van der Waals surface area contributed by atoms with Crippen LogP contribution in [0.3, 0.4) is 0 Å². The maximum absolute atomic E-state index is 13.8. The lowest BCUT2D eigenvalue weighted by molar-refractivity contribution is 0.103. The second kappa shape index (κ2) is 5.28. The highest BCUT2D eigenvalue weighted by molar-refractivity contribution is 6.09. The lowest BCUT2D eigenvalue weighted by Gasteiger charge is -2.04. The minimum Gasteiger partial charge on any atom is -0.454 e. The number of carbonyl (C=O) groups excluding carboxylic acids is 1. The van der Waals surface area contributed by atoms with Gasteiger partial charge < -0.3 is 14.0 Å². The number of fused-ring (bicyclic) bond motifs is 1. The van der Waals surface area contributed by atoms with Crippen LogP contribution in [-0.4, -0.2) is 17.1 Å². The van der Waals surface area contributed by atoms with E-state index in [0.29, 0.717) is 28.3 Å². The predicted octanol–water partition coefficient (Wildman–Crippen LogP) is 3.58. The van der Waals surface area contributed by atoms with Crippen LogP contribution in [0.5, 0.6) is 11.5 Å². The Bertz CT molecular complexity index is 901. The van der Waals surface area contributed by atoms with E-state index >= 15 is 0 Å². The van der Waals surface area contributed by atoms with Crippen molar-refractivity contribution in [3.63, 3.8) is 0 Å². The van der Waals surface area contributed by atoms with Crippen LogP contribution in [0.4, 0.5) is 4.39 Å². The van der Waals surface area contributed by atoms with Gasteiger partial charge in [0, 0.05) is 23.5 Å². The minimum absolute atomic E-state index is 0.154. The molecule has 0 N–H and O–H groups in total. The molecule has 0 saturated carbocycles. The first kappa shape index (κ1) is 13.6. The summed E-state index contributed by atoms with van der Waals surface area (Å²) in [4.78, 5) is 12.6. The second-order valence-corrected chi connectivity index (χ2v) is 5.16. The van der Waals surface area contributed by atoms with Crippen LogP contribution >= 0.6 is 0 Å². The smallest absolute Gasteiger partial charge is 0.231 e. The number of para-hydroxylation sites is 1. The fourth-order valence-electron chi connectivity index (χ4n) is 2.55. The molecule has 0 aliphatic carbocycles. The molecule has 0 atom stereocenters. The third-order valence-electron chi connectivity index (χ3n) is 3.72. The summed E-state index contributed by atoms with van der Waals surface area (Å²) < 4.78 is 25.9. The summed E-state index contributed by atoms with van der Waals surface area (Å²) in [5.41, 5.74) is 1.38. The molecule has 4 rings (SSSR count). The Labute approximate surface area is 131 Å². The first-order valence-electron chi connectivity index (χ1n) is 7.09. The van der Waals surface area contributed by atoms with Crippen LogP contribution in [0.1, 0.15) is 15.9 Å². The molecule has 5 heteroatoms. The van der Waals surface area contributed by atoms with E-state index < -0.39 is 0 Å². The molecule has 2 heterocycles. The molecule has 0 fully saturated rings. The average molecular weight is 309 g/mol. The molecule has 2 aromatic carbocycles. The Hall–Kier alpha value is -3.08. The third kappa shape index (κ3) is 2.36. The number of ketones is 1. The summed E-state index contributed by atoms with van der Waals surface area (Å²) in [5, 5.41) is 0. The molecule has 0 spiro atoms. The number of nitrogens with zero attached hydrogens (tertiary/aromatic N) is 1. The number of hydrogen-bond acceptors (Lipinski definition) is 3. The van der Waals surface area contributed by atoms with Gasteiger partial charge in [-0.3, -0.25) is 4.79 Å². The highest BCUT2D eigenvalue weighted by atomic mass is 19.1. The van der Waals surface area contributed by atoms with Crippen molar-refractivity contribution in [2.45, 2.75) is 0 Å². The van der Waals surface area contributed by atoms with E-state index in [9.17, 15) is 9.18 Å². The van der Waals surface area contributed by atoms with E-state index in [1.807, 2.05) is 0 Å². The van der Waals surface area contributed by atoms with Crippen molar-refractivity contribution in [3.8, 4) is 17.2 Å². The first-order chi connectivity index (χ1) is 11.2. The van der Waals surface area contributed by atoms with Crippen molar-refractivity contribution in [2.24, 2.45) is 0 Å². The van der Waals surface area contributed by atoms with Gasteiger partial charge in [-0.1, -0.05) is 12.1 Å². The van der Waals surface area contributed by atoms with Crippen LogP contribution in [0.15, 0.2) is 60.9 Å². The topological polar surface area (TPSA) is 40.5 Å². The van der Waals surface area contributed by atoms with Crippen molar-refractivity contribution in [2.75, 3.05) is 6.79 Å². The van der Waals surface area contributed by atoms with Gasteiger partial charge in [-0.15, -0.1) is 0 Å². The monoisotopic (exact) mass is 309 g/mol. The zero-order valence-corrected chi connectivity index (χ0v) is 12.0. The van der Waals surface area contributed by atoms with Gasteiger partial charge in [0.2, 0.25) is 6.79 Å². The van der Waals surface area contributed by atoms with Crippen LogP contribution < -0.4 is 9.47 Å². The van der Waals surface area contributed by atoms with Crippen molar-refractivity contribution in [1.82, 2.24) is 4.57 Å². The summed E-state index contributed by atoms with van der Waals surface area (Å²) in [6, 6.07) is 13.1. The number of carbonyl (C=O) groups is 1. The van der Waals surface area contributed by atoms with E-state index in [1.54, 1.807) is 59.4 Å². The largest absolute Gasteiger partial charge is 0.454 e. The molecule has 0 saturated heterocycles. The fourth-order valence-corrected chi connectivity index (χ4v) is 2.55. The van der Waals surface area contributed by atoms with Crippen LogP contribution in [0.2, 0.25) is 0 Å². The normalized spacial score (nSPS) is 12.4. The lowest BCUT2D eigenvalue weighted by atomic mass is 10.1. The summed E-state index contributed by atoms with van der Waals surface area (Å²) in [5.74, 6) is 0.693. The summed E-state index contributed by atoms with van der Waals surface area (Å²) in [7, 11) is 0. The molecule has 0 bridgehead atoms. The third-order valence-corrected chi connectivity index (χ3v) is 3.72. The molecule has 23 heavy (non-hydrogen) atoms. The average Bonchev–Trinajstić information content (AvgIpc) is 3.23. The summed E-state index contributed by atoms with van der Waals surface area (Å²) >= 11 is 0. The fraction of sp³-hybridized carbons (Fsp3) is 0.0556. The minimum atomic E-state index is -0.342. The maximum atomic E-state index is 13.8. The number of benzene rings is 2. The van der Waals surface area contributed by atoms with Gasteiger partial charge in [0.15, 0.2) is 17.3 Å². The van der Waals surface area contributed by atoms with E-state index in [1.165, 1.54) is 6.07 Å². The summed E-state index contributed by atoms with van der Waals surface area (Å²) in [6.07, 6.45) is 3.28. The number of hydrogen-bond donors (Lipinski definition) is 0. The van der Waals surface area contributed by atoms with Crippen LogP contribution in [-0.2, 0) is 0 Å². The van der Waals surface area contributed by atoms with Gasteiger partial charge in [0.25, 0.3) is 0 Å². The van der Waals surface area contributed by atoms with Gasteiger partial charge in [-0.25, -0.2) is 4.39 Å². The molecule has 114 valence electrons. The Morgan fingerprint density at radius 2 is 1.83 bits per heavy atom. The van der Waals surface area contributed by atoms with Crippen LogP contribution in [0.25, 0.3) is 5.69 Å². The van der Waals surface area contributed by atoms with Crippen molar-refractivity contribution in [3.05, 3.63) is 77.9 Å². The Kier molecular flexibility index (Phi) is 3.12. The molecule has 0 amide bonds. The molecular weight excluding hydrogens is 297 g/mol. The first-order valence-corrected chi connectivity index (χ1v) is 7.09. The van der Waals surface area contributed by atoms with Gasteiger partial charge in [-0.2, -0.15) is 0 Å². The van der Waals surface area contributed by atoms with E-state index in [4.69, 9.17) is 9.47 Å². The SMILES string of the molecule is O=C(c1ccc2c(c1)OCO2)c1ccn(-c2ccccc2F)c1. The zero-order chi connectivity index (χ0) is 15.8. The van der Waals surface area contributed by atoms with Crippen molar-refractivity contribution >= 4 is 5.78 Å². The molecular formula is C18H12FNO3. The number of ether oxygens (including phenoxy) is 2. The van der Waals surface area contributed by atoms with Gasteiger partial charge in [-0.05, 0) is 36.4 Å². The maximum Gasteiger partial charge on any atom is 0.231 e. The molecule has 0 radical (unpaired) electrons. The number of aromatic nitrogens is 1.